The molecule has 1 N–H and O–H groups in total. The maximum Gasteiger partial charge on any atom is 0.142 e. The van der Waals surface area contributed by atoms with Crippen LogP contribution in [0.4, 0.5) is 5.82 Å². The molecule has 124 valence electrons. The quantitative estimate of drug-likeness (QED) is 0.928. The molecule has 6 nitrogen and oxygen atoms in total. The molecule has 1 aliphatic carbocycles. The van der Waals surface area contributed by atoms with Crippen molar-refractivity contribution < 1.29 is 4.21 Å². The fourth-order valence-electron chi connectivity index (χ4n) is 3.50. The van der Waals surface area contributed by atoms with E-state index >= 15 is 0 Å². The second-order valence-corrected chi connectivity index (χ2v) is 8.48. The van der Waals surface area contributed by atoms with Crippen molar-refractivity contribution in [3.63, 3.8) is 0 Å². The summed E-state index contributed by atoms with van der Waals surface area (Å²) in [7, 11) is -0.866. The Morgan fingerprint density at radius 1 is 1.35 bits per heavy atom. The molecule has 0 radical (unpaired) electrons. The third kappa shape index (κ3) is 2.65. The van der Waals surface area contributed by atoms with Crippen molar-refractivity contribution in [2.75, 3.05) is 30.3 Å². The average molecular weight is 333 g/mol. The highest BCUT2D eigenvalue weighted by Crippen LogP contribution is 2.46. The minimum atomic E-state index is -0.866. The molecule has 3 heterocycles. The number of aromatic nitrogens is 3. The van der Waals surface area contributed by atoms with Gasteiger partial charge >= 0.3 is 0 Å². The van der Waals surface area contributed by atoms with Gasteiger partial charge < -0.3 is 9.88 Å². The Morgan fingerprint density at radius 2 is 2.17 bits per heavy atom. The predicted molar refractivity (Wildman–Crippen MR) is 92.6 cm³/mol. The monoisotopic (exact) mass is 333 g/mol. The number of H-pyrrole nitrogens is 1. The Balaban J connectivity index is 1.57. The number of piperazine rings is 1. The van der Waals surface area contributed by atoms with Gasteiger partial charge in [-0.1, -0.05) is 13.8 Å². The van der Waals surface area contributed by atoms with Gasteiger partial charge in [-0.3, -0.25) is 0 Å². The van der Waals surface area contributed by atoms with Crippen molar-refractivity contribution in [1.82, 2.24) is 19.3 Å². The second kappa shape index (κ2) is 5.56. The van der Waals surface area contributed by atoms with Crippen molar-refractivity contribution in [1.29, 1.82) is 0 Å². The summed E-state index contributed by atoms with van der Waals surface area (Å²) in [5, 5.41) is 1.07. The van der Waals surface area contributed by atoms with Gasteiger partial charge in [0.25, 0.3) is 0 Å². The lowest BCUT2D eigenvalue weighted by molar-refractivity contribution is 0.283. The zero-order chi connectivity index (χ0) is 16.0. The van der Waals surface area contributed by atoms with Gasteiger partial charge in [-0.2, -0.15) is 0 Å². The van der Waals surface area contributed by atoms with E-state index in [4.69, 9.17) is 0 Å². The first-order valence-corrected chi connectivity index (χ1v) is 9.56. The van der Waals surface area contributed by atoms with E-state index in [9.17, 15) is 4.21 Å². The molecule has 7 heteroatoms. The summed E-state index contributed by atoms with van der Waals surface area (Å²) in [5.41, 5.74) is 0.969. The molecule has 1 saturated carbocycles. The number of aromatic amines is 1. The topological polar surface area (TPSA) is 65.1 Å². The standard InChI is InChI=1S/C16H23N5OS/c1-12(2)9-23(22)21-8-7-20(10-16(21)4-5-16)15-13-3-6-17-14(13)18-11-19-15/h3,6,11-12H,4-5,7-10H2,1-2H3,(H,17,18,19). The van der Waals surface area contributed by atoms with Crippen LogP contribution < -0.4 is 4.90 Å². The number of anilines is 1. The molecule has 2 aliphatic rings. The molecule has 23 heavy (non-hydrogen) atoms. The van der Waals surface area contributed by atoms with Crippen LogP contribution in [0.5, 0.6) is 0 Å². The minimum absolute atomic E-state index is 0.0889. The largest absolute Gasteiger partial charge is 0.353 e. The zero-order valence-corrected chi connectivity index (χ0v) is 14.5. The normalized spacial score (nSPS) is 22.1. The molecular weight excluding hydrogens is 310 g/mol. The van der Waals surface area contributed by atoms with E-state index in [0.717, 1.165) is 55.1 Å². The SMILES string of the molecule is CC(C)CS(=O)N1CCN(c2ncnc3[nH]ccc23)CC12CC2. The summed E-state index contributed by atoms with van der Waals surface area (Å²) in [6.45, 7) is 6.89. The van der Waals surface area contributed by atoms with Crippen LogP contribution in [0.25, 0.3) is 11.0 Å². The summed E-state index contributed by atoms with van der Waals surface area (Å²) in [6, 6.07) is 2.04. The molecule has 1 spiro atoms. The van der Waals surface area contributed by atoms with Crippen LogP contribution in [0.1, 0.15) is 26.7 Å². The summed E-state index contributed by atoms with van der Waals surface area (Å²) in [6.07, 6.45) is 5.80. The van der Waals surface area contributed by atoms with E-state index in [1.54, 1.807) is 6.33 Å². The van der Waals surface area contributed by atoms with Crippen molar-refractivity contribution in [2.45, 2.75) is 32.2 Å². The number of nitrogens with zero attached hydrogens (tertiary/aromatic N) is 4. The minimum Gasteiger partial charge on any atom is -0.353 e. The molecule has 2 aromatic heterocycles. The maximum atomic E-state index is 12.7. The highest BCUT2D eigenvalue weighted by Gasteiger charge is 2.53. The third-order valence-electron chi connectivity index (χ3n) is 4.77. The maximum absolute atomic E-state index is 12.7. The van der Waals surface area contributed by atoms with Gasteiger partial charge in [-0.15, -0.1) is 0 Å². The molecule has 0 bridgehead atoms. The van der Waals surface area contributed by atoms with Gasteiger partial charge in [0.15, 0.2) is 0 Å². The number of nitrogens with one attached hydrogen (secondary N) is 1. The van der Waals surface area contributed by atoms with E-state index in [1.807, 2.05) is 12.3 Å². The summed E-state index contributed by atoms with van der Waals surface area (Å²) in [5.74, 6) is 2.22. The van der Waals surface area contributed by atoms with E-state index < -0.39 is 11.0 Å². The molecule has 2 aromatic rings. The van der Waals surface area contributed by atoms with Gasteiger partial charge in [0.1, 0.15) is 17.8 Å². The van der Waals surface area contributed by atoms with E-state index in [2.05, 4.69) is 38.0 Å². The third-order valence-corrected chi connectivity index (χ3v) is 6.78. The first-order chi connectivity index (χ1) is 11.1. The van der Waals surface area contributed by atoms with E-state index in [-0.39, 0.29) is 5.54 Å². The van der Waals surface area contributed by atoms with Crippen LogP contribution in [-0.2, 0) is 11.0 Å². The number of rotatable bonds is 4. The molecule has 1 aliphatic heterocycles. The first-order valence-electron chi connectivity index (χ1n) is 8.28. The Hall–Kier alpha value is -1.47. The zero-order valence-electron chi connectivity index (χ0n) is 13.7. The van der Waals surface area contributed by atoms with Gasteiger partial charge in [-0.25, -0.2) is 18.5 Å². The van der Waals surface area contributed by atoms with Crippen LogP contribution >= 0.6 is 0 Å². The van der Waals surface area contributed by atoms with Crippen molar-refractivity contribution in [3.8, 4) is 0 Å². The average Bonchev–Trinajstić information content (AvgIpc) is 3.10. The molecule has 0 aromatic carbocycles. The van der Waals surface area contributed by atoms with Gasteiger partial charge in [0, 0.05) is 31.6 Å². The van der Waals surface area contributed by atoms with Crippen LogP contribution in [0.3, 0.4) is 0 Å². The highest BCUT2D eigenvalue weighted by atomic mass is 32.2. The van der Waals surface area contributed by atoms with Crippen molar-refractivity contribution in [2.24, 2.45) is 5.92 Å². The second-order valence-electron chi connectivity index (χ2n) is 7.07. The number of hydrogen-bond acceptors (Lipinski definition) is 4. The van der Waals surface area contributed by atoms with Crippen molar-refractivity contribution in [3.05, 3.63) is 18.6 Å². The van der Waals surface area contributed by atoms with E-state index in [0.29, 0.717) is 5.92 Å². The Bertz CT molecular complexity index is 739. The lowest BCUT2D eigenvalue weighted by Gasteiger charge is -2.41. The van der Waals surface area contributed by atoms with Gasteiger partial charge in [0.05, 0.1) is 21.9 Å². The molecule has 4 rings (SSSR count). The fourth-order valence-corrected chi connectivity index (χ4v) is 5.21. The molecule has 0 amide bonds. The summed E-state index contributed by atoms with van der Waals surface area (Å²) in [4.78, 5) is 14.3. The molecular formula is C16H23N5OS. The first kappa shape index (κ1) is 15.1. The smallest absolute Gasteiger partial charge is 0.142 e. The molecule has 2 fully saturated rings. The predicted octanol–water partition coefficient (Wildman–Crippen LogP) is 1.93. The van der Waals surface area contributed by atoms with Crippen LogP contribution in [0, 0.1) is 5.92 Å². The number of hydrogen-bond donors (Lipinski definition) is 1. The number of fused-ring (bicyclic) bond motifs is 1. The fraction of sp³-hybridized carbons (Fsp3) is 0.625. The summed E-state index contributed by atoms with van der Waals surface area (Å²) < 4.78 is 14.9. The highest BCUT2D eigenvalue weighted by molar-refractivity contribution is 7.82. The van der Waals surface area contributed by atoms with Crippen molar-refractivity contribution >= 4 is 27.8 Å². The lowest BCUT2D eigenvalue weighted by Crippen LogP contribution is -2.56. The van der Waals surface area contributed by atoms with Crippen LogP contribution in [0.2, 0.25) is 0 Å². The Morgan fingerprint density at radius 3 is 2.91 bits per heavy atom. The molecule has 1 atom stereocenters. The molecule has 1 unspecified atom stereocenters. The van der Waals surface area contributed by atoms with E-state index in [1.165, 1.54) is 0 Å². The van der Waals surface area contributed by atoms with Crippen LogP contribution in [-0.4, -0.2) is 54.4 Å². The van der Waals surface area contributed by atoms with Crippen LogP contribution in [0.15, 0.2) is 18.6 Å². The summed E-state index contributed by atoms with van der Waals surface area (Å²) >= 11 is 0. The Labute approximate surface area is 138 Å². The van der Waals surface area contributed by atoms with Gasteiger partial charge in [0.2, 0.25) is 0 Å². The molecule has 1 saturated heterocycles. The lowest BCUT2D eigenvalue weighted by atomic mass is 10.2. The van der Waals surface area contributed by atoms with Gasteiger partial charge in [-0.05, 0) is 24.8 Å². The Kier molecular flexibility index (Phi) is 3.65.